The van der Waals surface area contributed by atoms with Crippen LogP contribution in [-0.2, 0) is 5.41 Å². The number of hydrogen-bond acceptors (Lipinski definition) is 1. The van der Waals surface area contributed by atoms with E-state index in [-0.39, 0.29) is 5.41 Å². The molecule has 0 spiro atoms. The van der Waals surface area contributed by atoms with Gasteiger partial charge >= 0.3 is 0 Å². The van der Waals surface area contributed by atoms with Crippen molar-refractivity contribution in [3.8, 4) is 5.69 Å². The second-order valence-corrected chi connectivity index (χ2v) is 16.8. The van der Waals surface area contributed by atoms with Crippen LogP contribution in [0.15, 0.2) is 163 Å². The Hall–Kier alpha value is -5.59. The summed E-state index contributed by atoms with van der Waals surface area (Å²) in [6, 6.07) is 55.8. The molecule has 0 aliphatic carbocycles. The largest absolute Gasteiger partial charge is 0.309 e. The maximum Gasteiger partial charge on any atom is 0.171 e. The fourth-order valence-electron chi connectivity index (χ4n) is 8.62. The Morgan fingerprint density at radius 3 is 2.04 bits per heavy atom. The molecule has 3 nitrogen and oxygen atoms in total. The van der Waals surface area contributed by atoms with Gasteiger partial charge in [0.2, 0.25) is 0 Å². The summed E-state index contributed by atoms with van der Waals surface area (Å²) in [5.41, 5.74) is 12.3. The minimum atomic E-state index is -0.634. The van der Waals surface area contributed by atoms with Gasteiger partial charge in [-0.3, -0.25) is 4.57 Å². The summed E-state index contributed by atoms with van der Waals surface area (Å²) in [6.07, 6.45) is 2.33. The van der Waals surface area contributed by atoms with E-state index in [0.717, 1.165) is 15.1 Å². The number of benzene rings is 7. The van der Waals surface area contributed by atoms with Gasteiger partial charge in [-0.05, 0) is 78.5 Å². The van der Waals surface area contributed by atoms with Crippen molar-refractivity contribution >= 4 is 88.2 Å². The predicted octanol–water partition coefficient (Wildman–Crippen LogP) is 12.1. The number of aromatic nitrogens is 2. The summed E-state index contributed by atoms with van der Waals surface area (Å²) in [6.45, 7) is 4.74. The lowest BCUT2D eigenvalue weighted by Gasteiger charge is -2.34. The van der Waals surface area contributed by atoms with Crippen LogP contribution in [0.25, 0.3) is 65.8 Å². The highest BCUT2D eigenvalue weighted by atomic mass is 127. The van der Waals surface area contributed by atoms with Crippen molar-refractivity contribution in [1.82, 2.24) is 9.13 Å². The highest BCUT2D eigenvalue weighted by Gasteiger charge is 2.35. The van der Waals surface area contributed by atoms with E-state index < -0.39 is 20.7 Å². The number of rotatable bonds is 2. The van der Waals surface area contributed by atoms with Gasteiger partial charge in [-0.25, -0.2) is 4.99 Å². The van der Waals surface area contributed by atoms with Crippen LogP contribution in [0, 0.1) is 0 Å². The lowest BCUT2D eigenvalue weighted by atomic mass is 9.75. The molecule has 0 saturated heterocycles. The summed E-state index contributed by atoms with van der Waals surface area (Å²) in [5, 5.41) is 7.66. The molecule has 0 saturated carbocycles. The quantitative estimate of drug-likeness (QED) is 0.156. The molecule has 51 heavy (non-hydrogen) atoms. The van der Waals surface area contributed by atoms with Gasteiger partial charge in [0.15, 0.2) is 3.84 Å². The Morgan fingerprint density at radius 1 is 0.529 bits per heavy atom. The van der Waals surface area contributed by atoms with Crippen molar-refractivity contribution in [2.75, 3.05) is 0 Å². The average Bonchev–Trinajstić information content (AvgIpc) is 3.69. The Morgan fingerprint density at radius 2 is 1.20 bits per heavy atom. The van der Waals surface area contributed by atoms with E-state index in [4.69, 9.17) is 4.99 Å². The number of fused-ring (bicyclic) bond motifs is 10. The van der Waals surface area contributed by atoms with Crippen LogP contribution < -0.4 is 0 Å². The second kappa shape index (κ2) is 10.7. The molecule has 4 heterocycles. The molecule has 0 radical (unpaired) electrons. The smallest absolute Gasteiger partial charge is 0.171 e. The molecule has 7 aromatic carbocycles. The van der Waals surface area contributed by atoms with Crippen LogP contribution in [0.4, 0.5) is 0 Å². The van der Waals surface area contributed by atoms with Gasteiger partial charge < -0.3 is 4.57 Å². The minimum Gasteiger partial charge on any atom is -0.309 e. The summed E-state index contributed by atoms with van der Waals surface area (Å²) >= 11 is -0.634. The molecule has 0 N–H and O–H groups in total. The molecular formula is C47H32IN3. The van der Waals surface area contributed by atoms with Gasteiger partial charge in [-0.15, -0.1) is 0 Å². The number of allylic oxidation sites excluding steroid dienone is 1. The van der Waals surface area contributed by atoms with Gasteiger partial charge in [0.25, 0.3) is 0 Å². The van der Waals surface area contributed by atoms with Crippen molar-refractivity contribution in [2.24, 2.45) is 4.99 Å². The number of halogens is 1. The third-order valence-electron chi connectivity index (χ3n) is 11.0. The highest BCUT2D eigenvalue weighted by molar-refractivity contribution is 14.2. The molecule has 2 aliphatic rings. The lowest BCUT2D eigenvalue weighted by molar-refractivity contribution is 0.630. The van der Waals surface area contributed by atoms with E-state index in [0.29, 0.717) is 0 Å². The third kappa shape index (κ3) is 4.11. The van der Waals surface area contributed by atoms with Crippen LogP contribution in [0.1, 0.15) is 36.1 Å². The zero-order chi connectivity index (χ0) is 33.8. The third-order valence-corrected chi connectivity index (χ3v) is 13.7. The predicted molar refractivity (Wildman–Crippen MR) is 225 cm³/mol. The molecule has 2 aromatic heterocycles. The van der Waals surface area contributed by atoms with Crippen molar-refractivity contribution in [1.29, 1.82) is 0 Å². The normalized spacial score (nSPS) is 15.1. The fraction of sp³-hybridized carbons (Fsp3) is 0.0638. The van der Waals surface area contributed by atoms with E-state index >= 15 is 0 Å². The number of hydrogen-bond donors (Lipinski definition) is 0. The minimum absolute atomic E-state index is 0.108. The Kier molecular flexibility index (Phi) is 6.12. The monoisotopic (exact) mass is 765 g/mol. The molecule has 0 atom stereocenters. The maximum atomic E-state index is 5.55. The van der Waals surface area contributed by atoms with Crippen LogP contribution in [0.3, 0.4) is 0 Å². The number of aliphatic imine (C=N–C) groups is 1. The van der Waals surface area contributed by atoms with Crippen LogP contribution >= 0.6 is 20.7 Å². The first kappa shape index (κ1) is 29.2. The lowest BCUT2D eigenvalue weighted by Crippen LogP contribution is -2.26. The molecule has 11 rings (SSSR count). The molecule has 0 fully saturated rings. The standard InChI is InChI=1S/C47H32IN3/c1-47(2)36-21-11-12-23-40(36)50-42-27-35-43(26-34(42)33-20-13-22-37(47)45(33)50)51(41-25-24-29-14-9-10-19-32(29)44(35)41)46-48-38(30-15-5-3-6-16-30)28-39(49-46)31-17-7-4-8-18-31/h3-28H,1-2H3. The topological polar surface area (TPSA) is 22.2 Å². The van der Waals surface area contributed by atoms with Crippen molar-refractivity contribution < 1.29 is 0 Å². The molecule has 0 amide bonds. The molecule has 242 valence electrons. The molecular weight excluding hydrogens is 733 g/mol. The zero-order valence-electron chi connectivity index (χ0n) is 28.2. The van der Waals surface area contributed by atoms with E-state index in [1.807, 2.05) is 0 Å². The van der Waals surface area contributed by atoms with E-state index in [2.05, 4.69) is 181 Å². The van der Waals surface area contributed by atoms with Crippen molar-refractivity contribution in [3.63, 3.8) is 0 Å². The van der Waals surface area contributed by atoms with Gasteiger partial charge in [-0.2, -0.15) is 0 Å². The van der Waals surface area contributed by atoms with Gasteiger partial charge in [-0.1, -0.05) is 141 Å². The SMILES string of the molecule is CC1(C)c2ccccc2-n2c3cc4c5c6ccccc6ccc5n(C5=NC(c6ccccc6)=CC(c6ccccc6)=I5)c4cc3c3cccc1c32. The molecule has 9 aromatic rings. The Bertz CT molecular complexity index is 2990. The van der Waals surface area contributed by atoms with E-state index in [1.165, 1.54) is 80.3 Å². The summed E-state index contributed by atoms with van der Waals surface area (Å²) < 4.78 is 7.56. The highest BCUT2D eigenvalue weighted by Crippen LogP contribution is 2.49. The zero-order valence-corrected chi connectivity index (χ0v) is 30.4. The van der Waals surface area contributed by atoms with Crippen LogP contribution in [-0.4, -0.2) is 16.5 Å². The summed E-state index contributed by atoms with van der Waals surface area (Å²) in [5.74, 6) is 0. The van der Waals surface area contributed by atoms with Gasteiger partial charge in [0.1, 0.15) is 0 Å². The maximum absolute atomic E-state index is 5.55. The summed E-state index contributed by atoms with van der Waals surface area (Å²) in [4.78, 5) is 5.55. The van der Waals surface area contributed by atoms with E-state index in [9.17, 15) is 0 Å². The average molecular weight is 766 g/mol. The second-order valence-electron chi connectivity index (χ2n) is 14.2. The van der Waals surface area contributed by atoms with Gasteiger partial charge in [0.05, 0.1) is 33.5 Å². The molecule has 0 bridgehead atoms. The van der Waals surface area contributed by atoms with Gasteiger partial charge in [0, 0.05) is 36.0 Å². The van der Waals surface area contributed by atoms with E-state index in [1.54, 1.807) is 0 Å². The first-order valence-electron chi connectivity index (χ1n) is 17.5. The van der Waals surface area contributed by atoms with Crippen LogP contribution in [0.5, 0.6) is 0 Å². The molecule has 2 aliphatic heterocycles. The molecule has 4 heteroatoms. The Balaban J connectivity index is 1.30. The molecule has 0 unspecified atom stereocenters. The summed E-state index contributed by atoms with van der Waals surface area (Å²) in [7, 11) is 0. The first-order valence-corrected chi connectivity index (χ1v) is 19.7. The number of nitrogens with zero attached hydrogens (tertiary/aromatic N) is 3. The van der Waals surface area contributed by atoms with Crippen LogP contribution in [0.2, 0.25) is 0 Å². The first-order chi connectivity index (χ1) is 25.1. The van der Waals surface area contributed by atoms with Crippen molar-refractivity contribution in [3.05, 3.63) is 180 Å². The number of para-hydroxylation sites is 2. The van der Waals surface area contributed by atoms with Crippen molar-refractivity contribution in [2.45, 2.75) is 19.3 Å². The Labute approximate surface area is 305 Å². The fourth-order valence-corrected chi connectivity index (χ4v) is 11.4.